The number of nitrogens with two attached hydrogens (primary N) is 1. The Morgan fingerprint density at radius 3 is 2.88 bits per heavy atom. The number of hydrogen-bond acceptors (Lipinski definition) is 4. The van der Waals surface area contributed by atoms with Crippen LogP contribution in [0.5, 0.6) is 0 Å². The molecule has 0 fully saturated rings. The maximum Gasteiger partial charge on any atom is 0.171 e. The fraction of sp³-hybridized carbons (Fsp3) is 0.364. The first-order chi connectivity index (χ1) is 7.69. The predicted octanol–water partition coefficient (Wildman–Crippen LogP) is 1.56. The van der Waals surface area contributed by atoms with Crippen molar-refractivity contribution in [3.8, 4) is 0 Å². The summed E-state index contributed by atoms with van der Waals surface area (Å²) in [5, 5.41) is 20.4. The minimum Gasteiger partial charge on any atom is -0.409 e. The summed E-state index contributed by atoms with van der Waals surface area (Å²) in [4.78, 5) is 0.967. The van der Waals surface area contributed by atoms with Crippen molar-refractivity contribution in [2.75, 3.05) is 12.4 Å². The van der Waals surface area contributed by atoms with Gasteiger partial charge in [0.1, 0.15) is 0 Å². The average molecular weight is 240 g/mol. The summed E-state index contributed by atoms with van der Waals surface area (Å²) in [5.74, 6) is 0.931. The van der Waals surface area contributed by atoms with Crippen molar-refractivity contribution in [3.63, 3.8) is 0 Å². The molecule has 4 N–H and O–H groups in total. The normalized spacial score (nSPS) is 11.8. The summed E-state index contributed by atoms with van der Waals surface area (Å²) < 4.78 is 0. The van der Waals surface area contributed by atoms with E-state index in [1.54, 1.807) is 11.8 Å². The minimum atomic E-state index is 0.121. The fourth-order valence-corrected chi connectivity index (χ4v) is 2.25. The van der Waals surface area contributed by atoms with E-state index in [0.717, 1.165) is 28.2 Å². The quantitative estimate of drug-likeness (QED) is 0.182. The van der Waals surface area contributed by atoms with Gasteiger partial charge in [-0.15, -0.1) is 11.8 Å². The number of benzene rings is 1. The molecule has 0 spiro atoms. The van der Waals surface area contributed by atoms with Gasteiger partial charge in [0.15, 0.2) is 5.84 Å². The lowest BCUT2D eigenvalue weighted by Gasteiger charge is -2.08. The summed E-state index contributed by atoms with van der Waals surface area (Å²) in [5.41, 5.74) is 7.41. The summed E-state index contributed by atoms with van der Waals surface area (Å²) in [7, 11) is 0. The van der Waals surface area contributed by atoms with E-state index in [-0.39, 0.29) is 12.4 Å². The van der Waals surface area contributed by atoms with E-state index in [1.165, 1.54) is 0 Å². The molecule has 16 heavy (non-hydrogen) atoms. The van der Waals surface area contributed by atoms with Gasteiger partial charge in [-0.05, 0) is 25.5 Å². The maximum absolute atomic E-state index is 8.71. The smallest absolute Gasteiger partial charge is 0.171 e. The predicted molar refractivity (Wildman–Crippen MR) is 66.1 cm³/mol. The van der Waals surface area contributed by atoms with E-state index >= 15 is 0 Å². The van der Waals surface area contributed by atoms with Gasteiger partial charge < -0.3 is 16.0 Å². The molecule has 1 aromatic rings. The Labute approximate surface area is 99.2 Å². The standard InChI is InChI=1S/C11H16N2O2S/c1-8-3-4-10(16-6-2-5-14)9(7-8)11(12)13-15/h3-4,7,14-15H,2,5-6H2,1H3,(H2,12,13). The first-order valence-corrected chi connectivity index (χ1v) is 5.99. The number of rotatable bonds is 5. The second-order valence-corrected chi connectivity index (χ2v) is 4.55. The highest BCUT2D eigenvalue weighted by atomic mass is 32.2. The third kappa shape index (κ3) is 3.43. The van der Waals surface area contributed by atoms with Gasteiger partial charge in [-0.25, -0.2) is 0 Å². The molecule has 0 saturated carbocycles. The summed E-state index contributed by atoms with van der Waals surface area (Å²) in [6.45, 7) is 2.13. The molecule has 5 heteroatoms. The van der Waals surface area contributed by atoms with Crippen LogP contribution < -0.4 is 5.73 Å². The molecular weight excluding hydrogens is 224 g/mol. The largest absolute Gasteiger partial charge is 0.409 e. The van der Waals surface area contributed by atoms with Crippen LogP contribution in [0.4, 0.5) is 0 Å². The van der Waals surface area contributed by atoms with Crippen molar-refractivity contribution in [1.82, 2.24) is 0 Å². The Bertz CT molecular complexity index is 380. The molecule has 88 valence electrons. The number of oxime groups is 1. The number of amidine groups is 1. The van der Waals surface area contributed by atoms with Crippen LogP contribution in [0.1, 0.15) is 17.5 Å². The Hall–Kier alpha value is -1.20. The topological polar surface area (TPSA) is 78.8 Å². The van der Waals surface area contributed by atoms with Crippen molar-refractivity contribution < 1.29 is 10.3 Å². The number of nitrogens with zero attached hydrogens (tertiary/aromatic N) is 1. The highest BCUT2D eigenvalue weighted by Gasteiger charge is 2.07. The molecule has 0 heterocycles. The van der Waals surface area contributed by atoms with E-state index in [2.05, 4.69) is 5.16 Å². The number of aryl methyl sites for hydroxylation is 1. The van der Waals surface area contributed by atoms with Crippen LogP contribution in [0.2, 0.25) is 0 Å². The van der Waals surface area contributed by atoms with Gasteiger partial charge >= 0.3 is 0 Å². The molecule has 0 amide bonds. The molecule has 0 aliphatic heterocycles. The lowest BCUT2D eigenvalue weighted by atomic mass is 10.1. The van der Waals surface area contributed by atoms with Gasteiger partial charge in [0, 0.05) is 22.8 Å². The Morgan fingerprint density at radius 2 is 2.25 bits per heavy atom. The molecule has 0 aliphatic rings. The Kier molecular flexibility index (Phi) is 5.14. The van der Waals surface area contributed by atoms with Gasteiger partial charge in [-0.1, -0.05) is 16.8 Å². The molecule has 1 aromatic carbocycles. The lowest BCUT2D eigenvalue weighted by Crippen LogP contribution is -2.14. The van der Waals surface area contributed by atoms with Crippen molar-refractivity contribution in [1.29, 1.82) is 0 Å². The highest BCUT2D eigenvalue weighted by Crippen LogP contribution is 2.24. The van der Waals surface area contributed by atoms with Crippen molar-refractivity contribution in [2.24, 2.45) is 10.9 Å². The van der Waals surface area contributed by atoms with Crippen molar-refractivity contribution >= 4 is 17.6 Å². The molecule has 0 radical (unpaired) electrons. The molecule has 0 saturated heterocycles. The Balaban J connectivity index is 2.89. The van der Waals surface area contributed by atoms with Gasteiger partial charge in [-0.3, -0.25) is 0 Å². The number of aliphatic hydroxyl groups excluding tert-OH is 1. The average Bonchev–Trinajstić information content (AvgIpc) is 2.30. The number of aliphatic hydroxyl groups is 1. The zero-order valence-corrected chi connectivity index (χ0v) is 10.00. The lowest BCUT2D eigenvalue weighted by molar-refractivity contribution is 0.296. The summed E-state index contributed by atoms with van der Waals surface area (Å²) in [6.07, 6.45) is 0.730. The van der Waals surface area contributed by atoms with Crippen LogP contribution >= 0.6 is 11.8 Å². The highest BCUT2D eigenvalue weighted by molar-refractivity contribution is 7.99. The van der Waals surface area contributed by atoms with Crippen LogP contribution in [-0.4, -0.2) is 28.5 Å². The van der Waals surface area contributed by atoms with Crippen LogP contribution in [0.25, 0.3) is 0 Å². The molecule has 0 unspecified atom stereocenters. The minimum absolute atomic E-state index is 0.121. The number of thioether (sulfide) groups is 1. The molecule has 4 nitrogen and oxygen atoms in total. The second kappa shape index (κ2) is 6.40. The first-order valence-electron chi connectivity index (χ1n) is 5.01. The monoisotopic (exact) mass is 240 g/mol. The van der Waals surface area contributed by atoms with Gasteiger partial charge in [0.2, 0.25) is 0 Å². The Morgan fingerprint density at radius 1 is 1.50 bits per heavy atom. The van der Waals surface area contributed by atoms with Crippen LogP contribution in [0.3, 0.4) is 0 Å². The van der Waals surface area contributed by atoms with Gasteiger partial charge in [0.05, 0.1) is 0 Å². The van der Waals surface area contributed by atoms with Crippen LogP contribution in [-0.2, 0) is 0 Å². The molecule has 0 aromatic heterocycles. The van der Waals surface area contributed by atoms with E-state index in [0.29, 0.717) is 0 Å². The molecular formula is C11H16N2O2S. The van der Waals surface area contributed by atoms with Crippen LogP contribution in [0, 0.1) is 6.92 Å². The van der Waals surface area contributed by atoms with Crippen molar-refractivity contribution in [3.05, 3.63) is 29.3 Å². The van der Waals surface area contributed by atoms with E-state index in [9.17, 15) is 0 Å². The van der Waals surface area contributed by atoms with Crippen molar-refractivity contribution in [2.45, 2.75) is 18.2 Å². The second-order valence-electron chi connectivity index (χ2n) is 3.41. The summed E-state index contributed by atoms with van der Waals surface area (Å²) >= 11 is 1.59. The zero-order chi connectivity index (χ0) is 12.0. The molecule has 0 bridgehead atoms. The molecule has 0 atom stereocenters. The van der Waals surface area contributed by atoms with E-state index in [4.69, 9.17) is 16.0 Å². The van der Waals surface area contributed by atoms with E-state index < -0.39 is 0 Å². The zero-order valence-electron chi connectivity index (χ0n) is 9.18. The van der Waals surface area contributed by atoms with Gasteiger partial charge in [0.25, 0.3) is 0 Å². The SMILES string of the molecule is Cc1ccc(SCCCO)c(/C(N)=N/O)c1. The van der Waals surface area contributed by atoms with E-state index in [1.807, 2.05) is 25.1 Å². The maximum atomic E-state index is 8.71. The molecule has 1 rings (SSSR count). The molecule has 0 aliphatic carbocycles. The first kappa shape index (κ1) is 12.9. The third-order valence-electron chi connectivity index (χ3n) is 2.08. The van der Waals surface area contributed by atoms with Gasteiger partial charge in [-0.2, -0.15) is 0 Å². The number of hydrogen-bond donors (Lipinski definition) is 3. The van der Waals surface area contributed by atoms with Crippen LogP contribution in [0.15, 0.2) is 28.3 Å². The fourth-order valence-electron chi connectivity index (χ4n) is 1.27. The summed E-state index contributed by atoms with van der Waals surface area (Å²) in [6, 6.07) is 5.82. The third-order valence-corrected chi connectivity index (χ3v) is 3.24.